The summed E-state index contributed by atoms with van der Waals surface area (Å²) in [4.78, 5) is 14.5. The standard InChI is InChI=1S/C24H30ClN3O2S/c1-4-30-23(29)21-15-19(7-10-22(21)25)27-24(31)26-17(3)18-5-8-20(9-6-18)28-13-11-16(2)12-14-28/h5-10,15-17H,4,11-14H2,1-3H3,(H2,26,27,31)/t17-/m0/s1. The number of carbonyl (C=O) groups excluding carboxylic acids is 1. The molecule has 0 bridgehead atoms. The van der Waals surface area contributed by atoms with Gasteiger partial charge in [0.15, 0.2) is 5.11 Å². The van der Waals surface area contributed by atoms with Crippen LogP contribution in [0, 0.1) is 5.92 Å². The number of nitrogens with one attached hydrogen (secondary N) is 2. The largest absolute Gasteiger partial charge is 0.462 e. The molecule has 3 rings (SSSR count). The summed E-state index contributed by atoms with van der Waals surface area (Å²) in [5.74, 6) is 0.369. The lowest BCUT2D eigenvalue weighted by molar-refractivity contribution is 0.0526. The van der Waals surface area contributed by atoms with Crippen LogP contribution in [0.25, 0.3) is 0 Å². The summed E-state index contributed by atoms with van der Waals surface area (Å²) >= 11 is 11.6. The first-order valence-electron chi connectivity index (χ1n) is 10.8. The molecule has 2 aromatic carbocycles. The van der Waals surface area contributed by atoms with Crippen LogP contribution in [0.3, 0.4) is 0 Å². The lowest BCUT2D eigenvalue weighted by atomic mass is 9.98. The highest BCUT2D eigenvalue weighted by Gasteiger charge is 2.17. The average Bonchev–Trinajstić information content (AvgIpc) is 2.76. The number of halogens is 1. The Labute approximate surface area is 195 Å². The molecule has 0 aliphatic carbocycles. The molecule has 1 fully saturated rings. The lowest BCUT2D eigenvalue weighted by Crippen LogP contribution is -2.33. The molecular weight excluding hydrogens is 430 g/mol. The number of ether oxygens (including phenoxy) is 1. The number of anilines is 2. The zero-order valence-electron chi connectivity index (χ0n) is 18.3. The van der Waals surface area contributed by atoms with E-state index >= 15 is 0 Å². The highest BCUT2D eigenvalue weighted by molar-refractivity contribution is 7.80. The minimum absolute atomic E-state index is 0.0345. The van der Waals surface area contributed by atoms with Crippen molar-refractivity contribution < 1.29 is 9.53 Å². The highest BCUT2D eigenvalue weighted by atomic mass is 35.5. The van der Waals surface area contributed by atoms with Crippen LogP contribution in [0.15, 0.2) is 42.5 Å². The van der Waals surface area contributed by atoms with Crippen molar-refractivity contribution in [3.8, 4) is 0 Å². The fraction of sp³-hybridized carbons (Fsp3) is 0.417. The Morgan fingerprint density at radius 3 is 2.55 bits per heavy atom. The molecule has 0 unspecified atom stereocenters. The predicted octanol–water partition coefficient (Wildman–Crippen LogP) is 5.80. The second kappa shape index (κ2) is 10.8. The SMILES string of the molecule is CCOC(=O)c1cc(NC(=S)N[C@@H](C)c2ccc(N3CCC(C)CC3)cc2)ccc1Cl. The normalized spacial score (nSPS) is 15.3. The molecule has 0 amide bonds. The molecule has 1 saturated heterocycles. The van der Waals surface area contributed by atoms with Gasteiger partial charge >= 0.3 is 5.97 Å². The van der Waals surface area contributed by atoms with Gasteiger partial charge in [0.2, 0.25) is 0 Å². The Bertz CT molecular complexity index is 912. The number of thiocarbonyl (C=S) groups is 1. The number of esters is 1. The van der Waals surface area contributed by atoms with E-state index in [4.69, 9.17) is 28.6 Å². The van der Waals surface area contributed by atoms with E-state index in [1.165, 1.54) is 18.5 Å². The predicted molar refractivity (Wildman–Crippen MR) is 132 cm³/mol. The second-order valence-corrected chi connectivity index (χ2v) is 8.81. The van der Waals surface area contributed by atoms with Gasteiger partial charge in [-0.05, 0) is 80.7 Å². The number of piperidine rings is 1. The summed E-state index contributed by atoms with van der Waals surface area (Å²) in [6.07, 6.45) is 2.50. The number of hydrogen-bond donors (Lipinski definition) is 2. The number of benzene rings is 2. The van der Waals surface area contributed by atoms with E-state index in [9.17, 15) is 4.79 Å². The molecule has 1 aliphatic heterocycles. The lowest BCUT2D eigenvalue weighted by Gasteiger charge is -2.32. The van der Waals surface area contributed by atoms with Gasteiger partial charge in [-0.2, -0.15) is 0 Å². The molecule has 0 spiro atoms. The van der Waals surface area contributed by atoms with Gasteiger partial charge in [0, 0.05) is 24.5 Å². The first-order valence-corrected chi connectivity index (χ1v) is 11.5. The topological polar surface area (TPSA) is 53.6 Å². The van der Waals surface area contributed by atoms with E-state index in [1.54, 1.807) is 25.1 Å². The summed E-state index contributed by atoms with van der Waals surface area (Å²) in [6, 6.07) is 13.8. The highest BCUT2D eigenvalue weighted by Crippen LogP contribution is 2.25. The zero-order valence-corrected chi connectivity index (χ0v) is 19.9. The van der Waals surface area contributed by atoms with Gasteiger partial charge in [-0.3, -0.25) is 0 Å². The van der Waals surface area contributed by atoms with Crippen LogP contribution >= 0.6 is 23.8 Å². The van der Waals surface area contributed by atoms with Crippen molar-refractivity contribution in [1.82, 2.24) is 5.32 Å². The Morgan fingerprint density at radius 2 is 1.90 bits per heavy atom. The molecule has 31 heavy (non-hydrogen) atoms. The Morgan fingerprint density at radius 1 is 1.23 bits per heavy atom. The van der Waals surface area contributed by atoms with E-state index in [0.717, 1.165) is 24.6 Å². The van der Waals surface area contributed by atoms with E-state index in [-0.39, 0.29) is 6.04 Å². The van der Waals surface area contributed by atoms with E-state index in [1.807, 2.05) is 0 Å². The van der Waals surface area contributed by atoms with Gasteiger partial charge in [-0.1, -0.05) is 30.7 Å². The maximum atomic E-state index is 12.0. The minimum Gasteiger partial charge on any atom is -0.462 e. The Kier molecular flexibility index (Phi) is 8.15. The van der Waals surface area contributed by atoms with Crippen LogP contribution in [0.2, 0.25) is 5.02 Å². The maximum absolute atomic E-state index is 12.0. The molecule has 2 aromatic rings. The van der Waals surface area contributed by atoms with Gasteiger partial charge in [0.1, 0.15) is 0 Å². The first kappa shape index (κ1) is 23.4. The third-order valence-electron chi connectivity index (χ3n) is 5.61. The molecular formula is C24H30ClN3O2S. The summed E-state index contributed by atoms with van der Waals surface area (Å²) < 4.78 is 5.05. The third-order valence-corrected chi connectivity index (χ3v) is 6.16. The molecule has 5 nitrogen and oxygen atoms in total. The van der Waals surface area contributed by atoms with Crippen LogP contribution < -0.4 is 15.5 Å². The summed E-state index contributed by atoms with van der Waals surface area (Å²) in [7, 11) is 0. The zero-order chi connectivity index (χ0) is 22.4. The molecule has 2 N–H and O–H groups in total. The van der Waals surface area contributed by atoms with Gasteiger partial charge in [0.05, 0.1) is 23.2 Å². The van der Waals surface area contributed by atoms with Crippen molar-refractivity contribution in [3.05, 3.63) is 58.6 Å². The van der Waals surface area contributed by atoms with Crippen molar-refractivity contribution in [2.24, 2.45) is 5.92 Å². The van der Waals surface area contributed by atoms with Gasteiger partial charge in [0.25, 0.3) is 0 Å². The fourth-order valence-electron chi connectivity index (χ4n) is 3.66. The first-order chi connectivity index (χ1) is 14.9. The number of nitrogens with zero attached hydrogens (tertiary/aromatic N) is 1. The molecule has 1 aliphatic rings. The van der Waals surface area contributed by atoms with E-state index in [2.05, 4.69) is 53.6 Å². The molecule has 0 aromatic heterocycles. The summed E-state index contributed by atoms with van der Waals surface area (Å²) in [6.45, 7) is 8.69. The van der Waals surface area contributed by atoms with Gasteiger partial charge < -0.3 is 20.3 Å². The average molecular weight is 460 g/mol. The third kappa shape index (κ3) is 6.34. The Hall–Kier alpha value is -2.31. The minimum atomic E-state index is -0.452. The molecule has 0 radical (unpaired) electrons. The Balaban J connectivity index is 1.58. The number of hydrogen-bond acceptors (Lipinski definition) is 4. The van der Waals surface area contributed by atoms with E-state index < -0.39 is 5.97 Å². The van der Waals surface area contributed by atoms with Crippen molar-refractivity contribution >= 4 is 46.3 Å². The van der Waals surface area contributed by atoms with Gasteiger partial charge in [-0.15, -0.1) is 0 Å². The van der Waals surface area contributed by atoms with E-state index in [0.29, 0.717) is 28.0 Å². The van der Waals surface area contributed by atoms with Crippen LogP contribution in [0.4, 0.5) is 11.4 Å². The monoisotopic (exact) mass is 459 g/mol. The molecule has 0 saturated carbocycles. The van der Waals surface area contributed by atoms with Crippen LogP contribution in [-0.2, 0) is 4.74 Å². The number of rotatable bonds is 6. The smallest absolute Gasteiger partial charge is 0.339 e. The van der Waals surface area contributed by atoms with Crippen LogP contribution in [0.1, 0.15) is 55.6 Å². The van der Waals surface area contributed by atoms with Crippen molar-refractivity contribution in [2.45, 2.75) is 39.7 Å². The molecule has 166 valence electrons. The van der Waals surface area contributed by atoms with Crippen LogP contribution in [-0.4, -0.2) is 30.8 Å². The maximum Gasteiger partial charge on any atom is 0.339 e. The van der Waals surface area contributed by atoms with Gasteiger partial charge in [-0.25, -0.2) is 4.79 Å². The quantitative estimate of drug-likeness (QED) is 0.420. The van der Waals surface area contributed by atoms with Crippen LogP contribution in [0.5, 0.6) is 0 Å². The van der Waals surface area contributed by atoms with Crippen molar-refractivity contribution in [3.63, 3.8) is 0 Å². The summed E-state index contributed by atoms with van der Waals surface area (Å²) in [5.41, 5.74) is 3.41. The molecule has 7 heteroatoms. The fourth-order valence-corrected chi connectivity index (χ4v) is 4.15. The molecule has 1 atom stereocenters. The van der Waals surface area contributed by atoms with Crippen molar-refractivity contribution in [2.75, 3.05) is 29.9 Å². The molecule has 1 heterocycles. The number of carbonyl (C=O) groups is 1. The summed E-state index contributed by atoms with van der Waals surface area (Å²) in [5, 5.41) is 7.23. The second-order valence-electron chi connectivity index (χ2n) is 8.00. The van der Waals surface area contributed by atoms with Crippen molar-refractivity contribution in [1.29, 1.82) is 0 Å².